The van der Waals surface area contributed by atoms with E-state index in [0.717, 1.165) is 40.1 Å². The van der Waals surface area contributed by atoms with Gasteiger partial charge in [-0.05, 0) is 48.9 Å². The van der Waals surface area contributed by atoms with Gasteiger partial charge in [0.25, 0.3) is 5.69 Å². The lowest BCUT2D eigenvalue weighted by atomic mass is 10.0. The first kappa shape index (κ1) is 24.3. The van der Waals surface area contributed by atoms with Crippen LogP contribution in [0.5, 0.6) is 0 Å². The molecule has 9 heteroatoms. The molecule has 0 saturated carbocycles. The molecule has 31 heavy (non-hydrogen) atoms. The van der Waals surface area contributed by atoms with E-state index in [0.29, 0.717) is 5.56 Å². The molecule has 0 unspecified atom stereocenters. The number of anilines is 1. The van der Waals surface area contributed by atoms with Crippen LogP contribution in [-0.4, -0.2) is 31.5 Å². The van der Waals surface area contributed by atoms with Gasteiger partial charge in [0.05, 0.1) is 16.9 Å². The van der Waals surface area contributed by atoms with Gasteiger partial charge in [-0.2, -0.15) is 0 Å². The molecule has 168 valence electrons. The SMILES string of the molecule is CCc1ccc(CC)c(CNC(=O)[C@H](C)N(c2cc([N+](=O)[O-])ccc2C)S(C)(=O)=O)c1. The molecule has 1 N–H and O–H groups in total. The van der Waals surface area contributed by atoms with Gasteiger partial charge in [0.15, 0.2) is 0 Å². The van der Waals surface area contributed by atoms with Gasteiger partial charge >= 0.3 is 0 Å². The van der Waals surface area contributed by atoms with Crippen LogP contribution in [0.2, 0.25) is 0 Å². The Morgan fingerprint density at radius 2 is 1.81 bits per heavy atom. The minimum Gasteiger partial charge on any atom is -0.350 e. The monoisotopic (exact) mass is 447 g/mol. The number of sulfonamides is 1. The highest BCUT2D eigenvalue weighted by molar-refractivity contribution is 7.92. The van der Waals surface area contributed by atoms with E-state index in [1.807, 2.05) is 19.1 Å². The predicted octanol–water partition coefficient (Wildman–Crippen LogP) is 3.50. The van der Waals surface area contributed by atoms with Crippen LogP contribution in [0.3, 0.4) is 0 Å². The van der Waals surface area contributed by atoms with Crippen LogP contribution in [0.15, 0.2) is 36.4 Å². The highest BCUT2D eigenvalue weighted by atomic mass is 32.2. The number of rotatable bonds is 9. The summed E-state index contributed by atoms with van der Waals surface area (Å²) in [7, 11) is -3.88. The van der Waals surface area contributed by atoms with Gasteiger partial charge in [-0.1, -0.05) is 38.1 Å². The van der Waals surface area contributed by atoms with Crippen LogP contribution in [0.1, 0.15) is 43.0 Å². The molecule has 2 rings (SSSR count). The molecule has 0 bridgehead atoms. The standard InChI is InChI=1S/C22H29N3O5S/c1-6-17-9-10-18(7-2)19(12-17)14-23-22(26)16(4)24(31(5,29)30)21-13-20(25(27)28)11-8-15(21)3/h8-13,16H,6-7,14H2,1-5H3,(H,23,26)/t16-/m0/s1. The number of carbonyl (C=O) groups excluding carboxylic acids is 1. The Hall–Kier alpha value is -2.94. The molecular formula is C22H29N3O5S. The summed E-state index contributed by atoms with van der Waals surface area (Å²) in [5.41, 5.74) is 3.63. The third kappa shape index (κ3) is 5.81. The number of nitrogens with zero attached hydrogens (tertiary/aromatic N) is 2. The highest BCUT2D eigenvalue weighted by Crippen LogP contribution is 2.29. The van der Waals surface area contributed by atoms with E-state index in [1.165, 1.54) is 25.1 Å². The first-order chi connectivity index (χ1) is 14.5. The third-order valence-corrected chi connectivity index (χ3v) is 6.47. The third-order valence-electron chi connectivity index (χ3n) is 5.24. The number of carbonyl (C=O) groups is 1. The van der Waals surface area contributed by atoms with Crippen LogP contribution >= 0.6 is 0 Å². The molecule has 1 atom stereocenters. The fraction of sp³-hybridized carbons (Fsp3) is 0.409. The Bertz CT molecular complexity index is 1080. The number of nitro benzene ring substituents is 1. The predicted molar refractivity (Wildman–Crippen MR) is 122 cm³/mol. The minimum atomic E-state index is -3.88. The summed E-state index contributed by atoms with van der Waals surface area (Å²) in [6.45, 7) is 7.47. The molecule has 0 radical (unpaired) electrons. The summed E-state index contributed by atoms with van der Waals surface area (Å²) >= 11 is 0. The number of amides is 1. The largest absolute Gasteiger partial charge is 0.350 e. The molecular weight excluding hydrogens is 418 g/mol. The fourth-order valence-corrected chi connectivity index (χ4v) is 4.69. The van der Waals surface area contributed by atoms with Crippen molar-refractivity contribution in [3.8, 4) is 0 Å². The molecule has 0 fully saturated rings. The molecule has 0 aliphatic carbocycles. The zero-order chi connectivity index (χ0) is 23.3. The number of nitro groups is 1. The average Bonchev–Trinajstić information content (AvgIpc) is 2.71. The maximum absolute atomic E-state index is 12.9. The van der Waals surface area contributed by atoms with Gasteiger partial charge < -0.3 is 5.32 Å². The Morgan fingerprint density at radius 1 is 1.13 bits per heavy atom. The number of hydrogen-bond acceptors (Lipinski definition) is 5. The highest BCUT2D eigenvalue weighted by Gasteiger charge is 2.31. The second kappa shape index (κ2) is 9.91. The second-order valence-electron chi connectivity index (χ2n) is 7.49. The van der Waals surface area contributed by atoms with Crippen molar-refractivity contribution in [2.24, 2.45) is 0 Å². The topological polar surface area (TPSA) is 110 Å². The summed E-state index contributed by atoms with van der Waals surface area (Å²) in [6, 6.07) is 9.01. The van der Waals surface area contributed by atoms with E-state index in [1.54, 1.807) is 6.92 Å². The van der Waals surface area contributed by atoms with E-state index in [-0.39, 0.29) is 17.9 Å². The zero-order valence-corrected chi connectivity index (χ0v) is 19.3. The van der Waals surface area contributed by atoms with Crippen molar-refractivity contribution in [2.45, 2.75) is 53.1 Å². The number of nitrogens with one attached hydrogen (secondary N) is 1. The molecule has 0 aliphatic rings. The molecule has 8 nitrogen and oxygen atoms in total. The smallest absolute Gasteiger partial charge is 0.271 e. The maximum atomic E-state index is 12.9. The lowest BCUT2D eigenvalue weighted by molar-refractivity contribution is -0.384. The van der Waals surface area contributed by atoms with E-state index < -0.39 is 26.9 Å². The van der Waals surface area contributed by atoms with Gasteiger partial charge in [-0.3, -0.25) is 19.2 Å². The van der Waals surface area contributed by atoms with E-state index >= 15 is 0 Å². The van der Waals surface area contributed by atoms with Crippen LogP contribution in [0, 0.1) is 17.0 Å². The summed E-state index contributed by atoms with van der Waals surface area (Å²) in [5, 5.41) is 14.0. The lowest BCUT2D eigenvalue weighted by Crippen LogP contribution is -2.48. The maximum Gasteiger partial charge on any atom is 0.271 e. The Balaban J connectivity index is 2.33. The molecule has 0 aromatic heterocycles. The van der Waals surface area contributed by atoms with E-state index in [4.69, 9.17) is 0 Å². The van der Waals surface area contributed by atoms with Gasteiger partial charge in [0, 0.05) is 18.7 Å². The minimum absolute atomic E-state index is 0.113. The Kier molecular flexibility index (Phi) is 7.78. The van der Waals surface area contributed by atoms with Crippen LogP contribution < -0.4 is 9.62 Å². The van der Waals surface area contributed by atoms with Crippen molar-refractivity contribution >= 4 is 27.3 Å². The van der Waals surface area contributed by atoms with Crippen LogP contribution in [0.25, 0.3) is 0 Å². The second-order valence-corrected chi connectivity index (χ2v) is 9.35. The molecule has 0 aliphatic heterocycles. The quantitative estimate of drug-likeness (QED) is 0.467. The number of hydrogen-bond donors (Lipinski definition) is 1. The molecule has 2 aromatic carbocycles. The van der Waals surface area contributed by atoms with Crippen LogP contribution in [0.4, 0.5) is 11.4 Å². The summed E-state index contributed by atoms with van der Waals surface area (Å²) in [5.74, 6) is -0.486. The van der Waals surface area contributed by atoms with Crippen LogP contribution in [-0.2, 0) is 34.2 Å². The summed E-state index contributed by atoms with van der Waals surface area (Å²) < 4.78 is 26.0. The first-order valence-corrected chi connectivity index (χ1v) is 12.0. The Labute approximate surface area is 183 Å². The van der Waals surface area contributed by atoms with E-state index in [9.17, 15) is 23.3 Å². The summed E-state index contributed by atoms with van der Waals surface area (Å²) in [4.78, 5) is 23.5. The number of aryl methyl sites for hydroxylation is 3. The van der Waals surface area contributed by atoms with Gasteiger partial charge in [0.1, 0.15) is 6.04 Å². The molecule has 0 spiro atoms. The lowest BCUT2D eigenvalue weighted by Gasteiger charge is -2.29. The normalized spacial score (nSPS) is 12.3. The Morgan fingerprint density at radius 3 is 2.35 bits per heavy atom. The molecule has 0 heterocycles. The summed E-state index contributed by atoms with van der Waals surface area (Å²) in [6.07, 6.45) is 2.66. The van der Waals surface area contributed by atoms with Gasteiger partial charge in [-0.15, -0.1) is 0 Å². The molecule has 0 saturated heterocycles. The fourth-order valence-electron chi connectivity index (χ4n) is 3.47. The zero-order valence-electron chi connectivity index (χ0n) is 18.5. The van der Waals surface area contributed by atoms with E-state index in [2.05, 4.69) is 18.3 Å². The van der Waals surface area contributed by atoms with Crippen molar-refractivity contribution in [1.82, 2.24) is 5.32 Å². The van der Waals surface area contributed by atoms with Crippen molar-refractivity contribution in [3.63, 3.8) is 0 Å². The van der Waals surface area contributed by atoms with Crippen molar-refractivity contribution < 1.29 is 18.1 Å². The number of non-ortho nitro benzene ring substituents is 1. The van der Waals surface area contributed by atoms with Crippen molar-refractivity contribution in [2.75, 3.05) is 10.6 Å². The van der Waals surface area contributed by atoms with Gasteiger partial charge in [-0.25, -0.2) is 8.42 Å². The van der Waals surface area contributed by atoms with Crippen molar-refractivity contribution in [3.05, 3.63) is 68.8 Å². The first-order valence-electron chi connectivity index (χ1n) is 10.1. The van der Waals surface area contributed by atoms with Gasteiger partial charge in [0.2, 0.25) is 15.9 Å². The average molecular weight is 448 g/mol. The number of benzene rings is 2. The van der Waals surface area contributed by atoms with Crippen molar-refractivity contribution in [1.29, 1.82) is 0 Å². The molecule has 2 aromatic rings. The molecule has 1 amide bonds.